The Hall–Kier alpha value is -1.76. The first kappa shape index (κ1) is 21.0. The second-order valence-corrected chi connectivity index (χ2v) is 9.49. The predicted molar refractivity (Wildman–Crippen MR) is 112 cm³/mol. The summed E-state index contributed by atoms with van der Waals surface area (Å²) in [5.74, 6) is -0.276. The van der Waals surface area contributed by atoms with Gasteiger partial charge in [0, 0.05) is 13.1 Å². The Morgan fingerprint density at radius 1 is 1.04 bits per heavy atom. The summed E-state index contributed by atoms with van der Waals surface area (Å²) in [5, 5.41) is 0.323. The number of carbonyl (C=O) groups is 1. The van der Waals surface area contributed by atoms with Gasteiger partial charge in [0.2, 0.25) is 5.91 Å². The van der Waals surface area contributed by atoms with Crippen molar-refractivity contribution in [3.63, 3.8) is 0 Å². The van der Waals surface area contributed by atoms with Crippen molar-refractivity contribution in [3.05, 3.63) is 58.6 Å². The van der Waals surface area contributed by atoms with Crippen LogP contribution in [0, 0.1) is 0 Å². The first-order valence-electron chi connectivity index (χ1n) is 9.10. The third kappa shape index (κ3) is 4.29. The number of nitrogens with zero attached hydrogens (tertiary/aromatic N) is 2. The van der Waals surface area contributed by atoms with E-state index in [-0.39, 0.29) is 39.1 Å². The predicted octanol–water partition coefficient (Wildman–Crippen LogP) is 4.59. The Morgan fingerprint density at radius 2 is 1.68 bits per heavy atom. The van der Waals surface area contributed by atoms with Crippen LogP contribution >= 0.6 is 23.2 Å². The fraction of sp³-hybridized carbons (Fsp3) is 0.350. The summed E-state index contributed by atoms with van der Waals surface area (Å²) in [4.78, 5) is 14.7. The van der Waals surface area contributed by atoms with E-state index >= 15 is 0 Å². The van der Waals surface area contributed by atoms with Crippen LogP contribution in [0.1, 0.15) is 25.7 Å². The summed E-state index contributed by atoms with van der Waals surface area (Å²) in [7, 11) is -2.28. The number of likely N-dealkylation sites (N-methyl/N-ethyl adjacent to an activating group) is 1. The molecule has 0 aliphatic heterocycles. The molecule has 8 heteroatoms. The Kier molecular flexibility index (Phi) is 6.53. The molecular formula is C20H22Cl2N2O3S. The molecule has 0 atom stereocenters. The second-order valence-electron chi connectivity index (χ2n) is 6.84. The van der Waals surface area contributed by atoms with Gasteiger partial charge >= 0.3 is 0 Å². The summed E-state index contributed by atoms with van der Waals surface area (Å²) < 4.78 is 27.7. The lowest BCUT2D eigenvalue weighted by Crippen LogP contribution is -2.44. The van der Waals surface area contributed by atoms with E-state index in [1.165, 1.54) is 12.1 Å². The quantitative estimate of drug-likeness (QED) is 0.659. The lowest BCUT2D eigenvalue weighted by molar-refractivity contribution is -0.130. The van der Waals surface area contributed by atoms with Crippen LogP contribution < -0.4 is 4.31 Å². The molecule has 0 heterocycles. The van der Waals surface area contributed by atoms with Gasteiger partial charge in [0.15, 0.2) is 0 Å². The van der Waals surface area contributed by atoms with Gasteiger partial charge in [0.1, 0.15) is 6.54 Å². The number of hydrogen-bond acceptors (Lipinski definition) is 3. The molecule has 0 N–H and O–H groups in total. The first-order chi connectivity index (χ1) is 13.3. The summed E-state index contributed by atoms with van der Waals surface area (Å²) in [5.41, 5.74) is 0.186. The van der Waals surface area contributed by atoms with Crippen LogP contribution in [-0.4, -0.2) is 38.9 Å². The van der Waals surface area contributed by atoms with Gasteiger partial charge in [-0.2, -0.15) is 0 Å². The molecule has 1 aliphatic rings. The number of amides is 1. The number of benzene rings is 2. The number of hydrogen-bond donors (Lipinski definition) is 0. The summed E-state index contributed by atoms with van der Waals surface area (Å²) in [6.07, 6.45) is 4.03. The summed E-state index contributed by atoms with van der Waals surface area (Å²) >= 11 is 12.4. The van der Waals surface area contributed by atoms with E-state index in [2.05, 4.69) is 0 Å². The van der Waals surface area contributed by atoms with Gasteiger partial charge in [-0.05, 0) is 37.1 Å². The Balaban J connectivity index is 2.00. The molecule has 5 nitrogen and oxygen atoms in total. The van der Waals surface area contributed by atoms with Crippen molar-refractivity contribution in [1.82, 2.24) is 4.90 Å². The van der Waals surface area contributed by atoms with Crippen molar-refractivity contribution in [1.29, 1.82) is 0 Å². The molecule has 28 heavy (non-hydrogen) atoms. The third-order valence-electron chi connectivity index (χ3n) is 5.08. The van der Waals surface area contributed by atoms with E-state index in [9.17, 15) is 13.2 Å². The minimum atomic E-state index is -4.00. The van der Waals surface area contributed by atoms with Crippen LogP contribution in [0.2, 0.25) is 10.0 Å². The van der Waals surface area contributed by atoms with Gasteiger partial charge in [-0.25, -0.2) is 8.42 Å². The van der Waals surface area contributed by atoms with Gasteiger partial charge in [0.25, 0.3) is 10.0 Å². The smallest absolute Gasteiger partial charge is 0.264 e. The highest BCUT2D eigenvalue weighted by Crippen LogP contribution is 2.35. The van der Waals surface area contributed by atoms with Gasteiger partial charge < -0.3 is 4.90 Å². The molecule has 0 aromatic heterocycles. The SMILES string of the molecule is CN(C(=O)CN(c1cccc(Cl)c1Cl)S(=O)(=O)c1ccccc1)C1CCCC1. The van der Waals surface area contributed by atoms with Gasteiger partial charge in [-0.15, -0.1) is 0 Å². The fourth-order valence-electron chi connectivity index (χ4n) is 3.43. The molecule has 3 rings (SSSR count). The molecule has 0 unspecified atom stereocenters. The molecule has 0 radical (unpaired) electrons. The monoisotopic (exact) mass is 440 g/mol. The van der Waals surface area contributed by atoms with E-state index in [0.29, 0.717) is 0 Å². The third-order valence-corrected chi connectivity index (χ3v) is 7.66. The Morgan fingerprint density at radius 3 is 2.32 bits per heavy atom. The number of rotatable bonds is 6. The molecule has 1 amide bonds. The lowest BCUT2D eigenvalue weighted by Gasteiger charge is -2.30. The number of sulfonamides is 1. The molecule has 0 spiro atoms. The maximum absolute atomic E-state index is 13.3. The van der Waals surface area contributed by atoms with E-state index in [1.54, 1.807) is 48.3 Å². The average Bonchev–Trinajstić information content (AvgIpc) is 3.23. The number of halogens is 2. The molecule has 1 fully saturated rings. The standard InChI is InChI=1S/C20H22Cl2N2O3S/c1-23(15-8-5-6-9-15)19(25)14-24(18-13-7-12-17(21)20(18)22)28(26,27)16-10-3-2-4-11-16/h2-4,7,10-13,15H,5-6,8-9,14H2,1H3. The lowest BCUT2D eigenvalue weighted by atomic mass is 10.2. The molecule has 1 aliphatic carbocycles. The van der Waals surface area contributed by atoms with Gasteiger partial charge in [-0.1, -0.05) is 60.3 Å². The minimum Gasteiger partial charge on any atom is -0.341 e. The zero-order valence-corrected chi connectivity index (χ0v) is 17.8. The van der Waals surface area contributed by atoms with Crippen LogP contribution in [0.3, 0.4) is 0 Å². The molecule has 1 saturated carbocycles. The van der Waals surface area contributed by atoms with Crippen LogP contribution in [0.5, 0.6) is 0 Å². The largest absolute Gasteiger partial charge is 0.341 e. The minimum absolute atomic E-state index is 0.0855. The molecule has 0 saturated heterocycles. The van der Waals surface area contributed by atoms with E-state index in [4.69, 9.17) is 23.2 Å². The highest BCUT2D eigenvalue weighted by atomic mass is 35.5. The first-order valence-corrected chi connectivity index (χ1v) is 11.3. The molecule has 2 aromatic carbocycles. The zero-order chi connectivity index (χ0) is 20.3. The highest BCUT2D eigenvalue weighted by Gasteiger charge is 2.32. The second kappa shape index (κ2) is 8.72. The maximum atomic E-state index is 13.3. The normalized spacial score (nSPS) is 14.8. The van der Waals surface area contributed by atoms with Crippen LogP contribution in [-0.2, 0) is 14.8 Å². The molecular weight excluding hydrogens is 419 g/mol. The number of anilines is 1. The molecule has 0 bridgehead atoms. The van der Waals surface area contributed by atoms with Crippen LogP contribution in [0.15, 0.2) is 53.4 Å². The molecule has 2 aromatic rings. The van der Waals surface area contributed by atoms with Crippen molar-refractivity contribution >= 4 is 44.8 Å². The number of carbonyl (C=O) groups excluding carboxylic acids is 1. The Bertz CT molecular complexity index is 945. The molecule has 150 valence electrons. The van der Waals surface area contributed by atoms with Crippen LogP contribution in [0.25, 0.3) is 0 Å². The summed E-state index contributed by atoms with van der Waals surface area (Å²) in [6.45, 7) is -0.343. The Labute approximate surface area is 175 Å². The summed E-state index contributed by atoms with van der Waals surface area (Å²) in [6, 6.07) is 12.9. The van der Waals surface area contributed by atoms with Gasteiger partial charge in [0.05, 0.1) is 20.6 Å². The zero-order valence-electron chi connectivity index (χ0n) is 15.5. The van der Waals surface area contributed by atoms with Crippen molar-refractivity contribution in [2.45, 2.75) is 36.6 Å². The maximum Gasteiger partial charge on any atom is 0.264 e. The van der Waals surface area contributed by atoms with E-state index in [1.807, 2.05) is 0 Å². The fourth-order valence-corrected chi connectivity index (χ4v) is 5.33. The average molecular weight is 441 g/mol. The van der Waals surface area contributed by atoms with E-state index < -0.39 is 10.0 Å². The topological polar surface area (TPSA) is 57.7 Å². The van der Waals surface area contributed by atoms with Crippen LogP contribution in [0.4, 0.5) is 5.69 Å². The highest BCUT2D eigenvalue weighted by molar-refractivity contribution is 7.92. The van der Waals surface area contributed by atoms with Crippen molar-refractivity contribution in [3.8, 4) is 0 Å². The van der Waals surface area contributed by atoms with Crippen molar-refractivity contribution < 1.29 is 13.2 Å². The van der Waals surface area contributed by atoms with E-state index in [0.717, 1.165) is 30.0 Å². The van der Waals surface area contributed by atoms with Crippen molar-refractivity contribution in [2.75, 3.05) is 17.9 Å². The van der Waals surface area contributed by atoms with Gasteiger partial charge in [-0.3, -0.25) is 9.10 Å². The van der Waals surface area contributed by atoms with Crippen molar-refractivity contribution in [2.24, 2.45) is 0 Å².